The van der Waals surface area contributed by atoms with Gasteiger partial charge < -0.3 is 16.3 Å². The zero-order chi connectivity index (χ0) is 12.4. The Kier molecular flexibility index (Phi) is 9.00. The third-order valence-electron chi connectivity index (χ3n) is 3.08. The van der Waals surface area contributed by atoms with Gasteiger partial charge in [-0.2, -0.15) is 0 Å². The Labute approximate surface area is 99.3 Å². The normalized spacial score (nSPS) is 16.1. The summed E-state index contributed by atoms with van der Waals surface area (Å²) in [6.07, 6.45) is 5.81. The first-order chi connectivity index (χ1) is 7.69. The second-order valence-electron chi connectivity index (χ2n) is 4.31. The van der Waals surface area contributed by atoms with E-state index in [4.69, 9.17) is 10.9 Å². The Morgan fingerprint density at radius 2 is 2.00 bits per heavy atom. The first kappa shape index (κ1) is 15.2. The van der Waals surface area contributed by atoms with Crippen molar-refractivity contribution in [2.75, 3.05) is 6.54 Å². The van der Waals surface area contributed by atoms with Crippen molar-refractivity contribution in [3.63, 3.8) is 0 Å². The molecule has 0 fully saturated rings. The molecule has 4 nitrogen and oxygen atoms in total. The van der Waals surface area contributed by atoms with Crippen LogP contribution in [0.25, 0.3) is 0 Å². The second-order valence-corrected chi connectivity index (χ2v) is 4.31. The van der Waals surface area contributed by atoms with Crippen LogP contribution in [-0.2, 0) is 0 Å². The molecule has 0 amide bonds. The molecule has 0 saturated carbocycles. The van der Waals surface area contributed by atoms with Gasteiger partial charge in [0.25, 0.3) is 0 Å². The molecule has 0 rings (SSSR count). The fraction of sp³-hybridized carbons (Fsp3) is 0.917. The number of nitrogens with two attached hydrogens (primary N) is 1. The average molecular weight is 229 g/mol. The third-order valence-corrected chi connectivity index (χ3v) is 3.08. The summed E-state index contributed by atoms with van der Waals surface area (Å²) in [6, 6.07) is 0.000626. The molecular formula is C12H27N3O. The molecule has 0 aromatic rings. The number of hydrogen-bond donors (Lipinski definition) is 3. The van der Waals surface area contributed by atoms with Crippen LogP contribution < -0.4 is 11.1 Å². The van der Waals surface area contributed by atoms with Gasteiger partial charge in [-0.3, -0.25) is 0 Å². The van der Waals surface area contributed by atoms with Crippen molar-refractivity contribution in [3.8, 4) is 0 Å². The molecule has 0 aliphatic heterocycles. The number of hydrogen-bond acceptors (Lipinski definition) is 3. The summed E-state index contributed by atoms with van der Waals surface area (Å²) in [6.45, 7) is 7.41. The van der Waals surface area contributed by atoms with Crippen LogP contribution in [0.15, 0.2) is 5.16 Å². The second kappa shape index (κ2) is 9.46. The van der Waals surface area contributed by atoms with Crippen molar-refractivity contribution in [1.29, 1.82) is 0 Å². The molecule has 0 aromatic carbocycles. The lowest BCUT2D eigenvalue weighted by Crippen LogP contribution is -2.43. The lowest BCUT2D eigenvalue weighted by molar-refractivity contribution is 0.313. The summed E-state index contributed by atoms with van der Waals surface area (Å²) in [7, 11) is 0. The topological polar surface area (TPSA) is 70.6 Å². The van der Waals surface area contributed by atoms with Gasteiger partial charge in [0.15, 0.2) is 5.84 Å². The number of rotatable bonds is 9. The third kappa shape index (κ3) is 5.95. The number of unbranched alkanes of at least 4 members (excludes halogenated alkanes) is 1. The van der Waals surface area contributed by atoms with Gasteiger partial charge in [0.2, 0.25) is 0 Å². The molecular weight excluding hydrogens is 202 g/mol. The molecule has 0 aliphatic rings. The molecule has 2 unspecified atom stereocenters. The lowest BCUT2D eigenvalue weighted by atomic mass is 9.99. The van der Waals surface area contributed by atoms with Crippen molar-refractivity contribution >= 4 is 5.84 Å². The Hall–Kier alpha value is -0.770. The fourth-order valence-corrected chi connectivity index (χ4v) is 1.78. The van der Waals surface area contributed by atoms with Crippen molar-refractivity contribution in [3.05, 3.63) is 0 Å². The van der Waals surface area contributed by atoms with E-state index in [2.05, 4.69) is 24.3 Å². The maximum Gasteiger partial charge on any atom is 0.156 e. The summed E-state index contributed by atoms with van der Waals surface area (Å²) in [5, 5.41) is 15.0. The highest BCUT2D eigenvalue weighted by Gasteiger charge is 2.13. The van der Waals surface area contributed by atoms with Crippen LogP contribution in [0.5, 0.6) is 0 Å². The van der Waals surface area contributed by atoms with Gasteiger partial charge in [0.05, 0.1) is 6.04 Å². The maximum absolute atomic E-state index is 8.62. The molecule has 16 heavy (non-hydrogen) atoms. The molecule has 0 spiro atoms. The van der Waals surface area contributed by atoms with E-state index in [-0.39, 0.29) is 11.9 Å². The number of nitrogens with zero attached hydrogens (tertiary/aromatic N) is 1. The van der Waals surface area contributed by atoms with E-state index in [1.54, 1.807) is 0 Å². The quantitative estimate of drug-likeness (QED) is 0.246. The van der Waals surface area contributed by atoms with E-state index in [1.165, 1.54) is 25.7 Å². The van der Waals surface area contributed by atoms with Gasteiger partial charge in [0, 0.05) is 0 Å². The van der Waals surface area contributed by atoms with E-state index < -0.39 is 0 Å². The molecule has 96 valence electrons. The van der Waals surface area contributed by atoms with Gasteiger partial charge in [-0.25, -0.2) is 0 Å². The smallest absolute Gasteiger partial charge is 0.156 e. The van der Waals surface area contributed by atoms with Crippen LogP contribution >= 0.6 is 0 Å². The first-order valence-corrected chi connectivity index (χ1v) is 6.40. The molecule has 0 aromatic heterocycles. The van der Waals surface area contributed by atoms with E-state index in [9.17, 15) is 0 Å². The summed E-state index contributed by atoms with van der Waals surface area (Å²) in [4.78, 5) is 0. The highest BCUT2D eigenvalue weighted by Crippen LogP contribution is 2.11. The predicted molar refractivity (Wildman–Crippen MR) is 68.8 cm³/mol. The fourth-order valence-electron chi connectivity index (χ4n) is 1.78. The van der Waals surface area contributed by atoms with Crippen molar-refractivity contribution < 1.29 is 5.21 Å². The minimum Gasteiger partial charge on any atom is -0.409 e. The van der Waals surface area contributed by atoms with Crippen LogP contribution in [0.2, 0.25) is 0 Å². The van der Waals surface area contributed by atoms with Crippen LogP contribution in [0.3, 0.4) is 0 Å². The zero-order valence-corrected chi connectivity index (χ0v) is 10.9. The van der Waals surface area contributed by atoms with Crippen molar-refractivity contribution in [2.24, 2.45) is 16.8 Å². The average Bonchev–Trinajstić information content (AvgIpc) is 2.33. The number of nitrogens with one attached hydrogen (secondary N) is 1. The molecule has 0 aliphatic carbocycles. The van der Waals surface area contributed by atoms with Gasteiger partial charge in [-0.15, -0.1) is 0 Å². The van der Waals surface area contributed by atoms with Crippen LogP contribution in [0, 0.1) is 5.92 Å². The monoisotopic (exact) mass is 229 g/mol. The molecule has 4 N–H and O–H groups in total. The number of amidine groups is 1. The molecule has 2 atom stereocenters. The lowest BCUT2D eigenvalue weighted by Gasteiger charge is -2.20. The summed E-state index contributed by atoms with van der Waals surface area (Å²) in [5.41, 5.74) is 5.59. The molecule has 4 heteroatoms. The SMILES string of the molecule is CCCCC(CC)CNC(CC)C(N)=NO. The van der Waals surface area contributed by atoms with E-state index in [0.29, 0.717) is 5.92 Å². The zero-order valence-electron chi connectivity index (χ0n) is 10.9. The summed E-state index contributed by atoms with van der Waals surface area (Å²) < 4.78 is 0. The van der Waals surface area contributed by atoms with Gasteiger partial charge in [-0.1, -0.05) is 45.2 Å². The van der Waals surface area contributed by atoms with E-state index in [0.717, 1.165) is 13.0 Å². The molecule has 0 saturated heterocycles. The maximum atomic E-state index is 8.62. The summed E-state index contributed by atoms with van der Waals surface area (Å²) in [5.74, 6) is 0.980. The largest absolute Gasteiger partial charge is 0.409 e. The van der Waals surface area contributed by atoms with Crippen LogP contribution in [-0.4, -0.2) is 23.6 Å². The van der Waals surface area contributed by atoms with Crippen molar-refractivity contribution in [1.82, 2.24) is 5.32 Å². The van der Waals surface area contributed by atoms with E-state index >= 15 is 0 Å². The standard InChI is InChI=1S/C12H27N3O/c1-4-7-8-10(5-2)9-14-11(6-3)12(13)15-16/h10-11,14,16H,4-9H2,1-3H3,(H2,13,15). The highest BCUT2D eigenvalue weighted by molar-refractivity contribution is 5.85. The summed E-state index contributed by atoms with van der Waals surface area (Å²) >= 11 is 0. The van der Waals surface area contributed by atoms with E-state index in [1.807, 2.05) is 6.92 Å². The number of oxime groups is 1. The molecule has 0 heterocycles. The first-order valence-electron chi connectivity index (χ1n) is 6.40. The van der Waals surface area contributed by atoms with Crippen molar-refractivity contribution in [2.45, 2.75) is 58.9 Å². The van der Waals surface area contributed by atoms with Gasteiger partial charge in [0.1, 0.15) is 0 Å². The van der Waals surface area contributed by atoms with Crippen LogP contribution in [0.1, 0.15) is 52.9 Å². The predicted octanol–water partition coefficient (Wildman–Crippen LogP) is 2.32. The Morgan fingerprint density at radius 1 is 1.31 bits per heavy atom. The highest BCUT2D eigenvalue weighted by atomic mass is 16.4. The Morgan fingerprint density at radius 3 is 2.44 bits per heavy atom. The minimum absolute atomic E-state index is 0.000626. The molecule has 0 radical (unpaired) electrons. The Bertz CT molecular complexity index is 195. The Balaban J connectivity index is 3.97. The van der Waals surface area contributed by atoms with Gasteiger partial charge >= 0.3 is 0 Å². The van der Waals surface area contributed by atoms with Gasteiger partial charge in [-0.05, 0) is 25.3 Å². The molecule has 0 bridgehead atoms. The van der Waals surface area contributed by atoms with Crippen LogP contribution in [0.4, 0.5) is 0 Å². The minimum atomic E-state index is 0.000626.